The topological polar surface area (TPSA) is 92.4 Å². The minimum Gasteiger partial charge on any atom is -0.480 e. The second-order valence-electron chi connectivity index (χ2n) is 5.32. The lowest BCUT2D eigenvalue weighted by Gasteiger charge is -2.14. The van der Waals surface area contributed by atoms with E-state index in [1.54, 1.807) is 30.0 Å². The Morgan fingerprint density at radius 3 is 2.83 bits per heavy atom. The van der Waals surface area contributed by atoms with Crippen molar-refractivity contribution in [2.75, 3.05) is 17.8 Å². The highest BCUT2D eigenvalue weighted by Gasteiger charge is 2.20. The Balaban J connectivity index is 2.71. The zero-order chi connectivity index (χ0) is 17.9. The first-order chi connectivity index (χ1) is 11.5. The molecule has 0 aliphatic rings. The summed E-state index contributed by atoms with van der Waals surface area (Å²) < 4.78 is 0. The van der Waals surface area contributed by atoms with Crippen molar-refractivity contribution in [1.29, 1.82) is 0 Å². The maximum Gasteiger partial charge on any atom is 0.326 e. The number of thiol groups is 1. The largest absolute Gasteiger partial charge is 0.480 e. The van der Waals surface area contributed by atoms with Gasteiger partial charge < -0.3 is 16.2 Å². The van der Waals surface area contributed by atoms with Crippen LogP contribution in [0.4, 0.5) is 0 Å². The molecule has 2 atom stereocenters. The summed E-state index contributed by atoms with van der Waals surface area (Å²) in [5, 5.41) is 11.8. The first-order valence-electron chi connectivity index (χ1n) is 7.62. The van der Waals surface area contributed by atoms with Crippen molar-refractivity contribution in [3.05, 3.63) is 47.5 Å². The van der Waals surface area contributed by atoms with Crippen LogP contribution in [0.5, 0.6) is 0 Å². The summed E-state index contributed by atoms with van der Waals surface area (Å²) in [7, 11) is 0. The number of thioether (sulfide) groups is 1. The van der Waals surface area contributed by atoms with Crippen LogP contribution in [0.1, 0.15) is 22.3 Å². The molecule has 0 bridgehead atoms. The van der Waals surface area contributed by atoms with Gasteiger partial charge in [0.15, 0.2) is 0 Å². The van der Waals surface area contributed by atoms with Crippen LogP contribution in [0.15, 0.2) is 36.4 Å². The van der Waals surface area contributed by atoms with Crippen molar-refractivity contribution < 1.29 is 14.7 Å². The van der Waals surface area contributed by atoms with Gasteiger partial charge in [0.25, 0.3) is 5.91 Å². The fourth-order valence-corrected chi connectivity index (χ4v) is 2.61. The van der Waals surface area contributed by atoms with Gasteiger partial charge in [-0.2, -0.15) is 24.4 Å². The van der Waals surface area contributed by atoms with Crippen LogP contribution in [-0.2, 0) is 11.2 Å². The molecular weight excluding hydrogens is 344 g/mol. The van der Waals surface area contributed by atoms with Crippen LogP contribution in [-0.4, -0.2) is 46.8 Å². The number of allylic oxidation sites excluding steroid dienone is 1. The summed E-state index contributed by atoms with van der Waals surface area (Å²) in [6.07, 6.45) is 6.76. The van der Waals surface area contributed by atoms with Gasteiger partial charge in [-0.3, -0.25) is 4.79 Å². The molecule has 0 spiro atoms. The number of carbonyl (C=O) groups is 2. The van der Waals surface area contributed by atoms with Crippen molar-refractivity contribution >= 4 is 36.3 Å². The van der Waals surface area contributed by atoms with Gasteiger partial charge >= 0.3 is 5.97 Å². The molecule has 7 heteroatoms. The fourth-order valence-electron chi connectivity index (χ4n) is 2.01. The average molecular weight is 369 g/mol. The van der Waals surface area contributed by atoms with Crippen LogP contribution < -0.4 is 11.1 Å². The highest BCUT2D eigenvalue weighted by Crippen LogP contribution is 2.09. The third-order valence-corrected chi connectivity index (χ3v) is 4.42. The van der Waals surface area contributed by atoms with E-state index >= 15 is 0 Å². The van der Waals surface area contributed by atoms with Gasteiger partial charge in [-0.05, 0) is 42.5 Å². The van der Waals surface area contributed by atoms with Gasteiger partial charge in [0.05, 0.1) is 0 Å². The third kappa shape index (κ3) is 7.42. The number of carboxylic acids is 1. The molecule has 2 unspecified atom stereocenters. The summed E-state index contributed by atoms with van der Waals surface area (Å²) in [6, 6.07) is 6.17. The number of nitrogens with one attached hydrogen (secondary N) is 1. The summed E-state index contributed by atoms with van der Waals surface area (Å²) in [6.45, 7) is 0. The Bertz CT molecular complexity index is 579. The normalized spacial score (nSPS) is 13.6. The molecule has 0 radical (unpaired) electrons. The molecule has 0 aliphatic carbocycles. The van der Waals surface area contributed by atoms with E-state index in [0.717, 1.165) is 5.56 Å². The summed E-state index contributed by atoms with van der Waals surface area (Å²) in [5.41, 5.74) is 7.17. The molecule has 1 rings (SSSR count). The van der Waals surface area contributed by atoms with Crippen LogP contribution in [0.25, 0.3) is 0 Å². The Kier molecular flexibility index (Phi) is 9.59. The fraction of sp³-hybridized carbons (Fsp3) is 0.412. The minimum atomic E-state index is -1.02. The van der Waals surface area contributed by atoms with Gasteiger partial charge in [-0.15, -0.1) is 0 Å². The van der Waals surface area contributed by atoms with Crippen LogP contribution in [0, 0.1) is 0 Å². The van der Waals surface area contributed by atoms with E-state index in [1.807, 2.05) is 24.5 Å². The third-order valence-electron chi connectivity index (χ3n) is 3.35. The van der Waals surface area contributed by atoms with Crippen molar-refractivity contribution in [3.63, 3.8) is 0 Å². The molecule has 4 N–H and O–H groups in total. The van der Waals surface area contributed by atoms with Crippen LogP contribution in [0.2, 0.25) is 0 Å². The number of hydrogen-bond acceptors (Lipinski definition) is 5. The molecule has 0 saturated heterocycles. The van der Waals surface area contributed by atoms with E-state index < -0.39 is 12.0 Å². The maximum absolute atomic E-state index is 12.3. The second-order valence-corrected chi connectivity index (χ2v) is 6.68. The lowest BCUT2D eigenvalue weighted by Crippen LogP contribution is -2.41. The first-order valence-corrected chi connectivity index (χ1v) is 9.65. The standard InChI is InChI=1S/C17H24N2O3S2/c1-24-9-8-15(17(21)22)19-16(20)13-6-2-4-12(10-13)5-3-7-14(18)11-23/h2-4,6-7,10,14-15,23H,5,8-9,11,18H2,1H3,(H,19,20)(H,21,22)/b7-3+. The smallest absolute Gasteiger partial charge is 0.326 e. The number of amides is 1. The Hall–Kier alpha value is -1.44. The molecule has 0 aliphatic heterocycles. The van der Waals surface area contributed by atoms with E-state index in [9.17, 15) is 14.7 Å². The monoisotopic (exact) mass is 368 g/mol. The number of carbonyl (C=O) groups excluding carboxylic acids is 1. The minimum absolute atomic E-state index is 0.0902. The van der Waals surface area contributed by atoms with Crippen molar-refractivity contribution in [2.45, 2.75) is 24.9 Å². The molecule has 0 saturated carbocycles. The quantitative estimate of drug-likeness (QED) is 0.374. The molecule has 0 aromatic heterocycles. The molecule has 1 amide bonds. The zero-order valence-corrected chi connectivity index (χ0v) is 15.4. The molecule has 1 aromatic carbocycles. The highest BCUT2D eigenvalue weighted by atomic mass is 32.2. The van der Waals surface area contributed by atoms with E-state index in [-0.39, 0.29) is 11.9 Å². The molecule has 24 heavy (non-hydrogen) atoms. The first kappa shape index (κ1) is 20.6. The van der Waals surface area contributed by atoms with Crippen molar-refractivity contribution in [1.82, 2.24) is 5.32 Å². The number of nitrogens with two attached hydrogens (primary N) is 1. The van der Waals surface area contributed by atoms with Crippen molar-refractivity contribution in [2.24, 2.45) is 5.73 Å². The summed E-state index contributed by atoms with van der Waals surface area (Å²) >= 11 is 5.66. The molecular formula is C17H24N2O3S2. The lowest BCUT2D eigenvalue weighted by molar-refractivity contribution is -0.139. The second kappa shape index (κ2) is 11.2. The van der Waals surface area contributed by atoms with Gasteiger partial charge in [0, 0.05) is 17.4 Å². The van der Waals surface area contributed by atoms with E-state index in [0.29, 0.717) is 29.9 Å². The SMILES string of the molecule is CSCCC(NC(=O)c1cccc(C/C=C/C(N)CS)c1)C(=O)O. The summed E-state index contributed by atoms with van der Waals surface area (Å²) in [4.78, 5) is 23.5. The van der Waals surface area contributed by atoms with Crippen LogP contribution >= 0.6 is 24.4 Å². The number of carboxylic acid groups (broad SMARTS) is 1. The van der Waals surface area contributed by atoms with Gasteiger partial charge in [-0.25, -0.2) is 4.79 Å². The Labute approximate surface area is 152 Å². The average Bonchev–Trinajstić information content (AvgIpc) is 2.58. The number of aliphatic carboxylic acids is 1. The molecule has 5 nitrogen and oxygen atoms in total. The number of hydrogen-bond donors (Lipinski definition) is 4. The van der Waals surface area contributed by atoms with E-state index in [2.05, 4.69) is 17.9 Å². The number of rotatable bonds is 10. The highest BCUT2D eigenvalue weighted by molar-refractivity contribution is 7.98. The van der Waals surface area contributed by atoms with Crippen LogP contribution in [0.3, 0.4) is 0 Å². The molecule has 0 heterocycles. The zero-order valence-electron chi connectivity index (χ0n) is 13.6. The van der Waals surface area contributed by atoms with E-state index in [1.165, 1.54) is 0 Å². The Morgan fingerprint density at radius 1 is 1.46 bits per heavy atom. The number of benzene rings is 1. The molecule has 132 valence electrons. The molecule has 0 fully saturated rings. The predicted octanol–water partition coefficient (Wildman–Crippen LogP) is 1.98. The maximum atomic E-state index is 12.3. The van der Waals surface area contributed by atoms with Crippen molar-refractivity contribution in [3.8, 4) is 0 Å². The lowest BCUT2D eigenvalue weighted by atomic mass is 10.1. The predicted molar refractivity (Wildman–Crippen MR) is 103 cm³/mol. The molecule has 1 aromatic rings. The summed E-state index contributed by atoms with van der Waals surface area (Å²) in [5.74, 6) is -0.141. The van der Waals surface area contributed by atoms with Gasteiger partial charge in [0.2, 0.25) is 0 Å². The van der Waals surface area contributed by atoms with Gasteiger partial charge in [-0.1, -0.05) is 24.3 Å². The van der Waals surface area contributed by atoms with Gasteiger partial charge in [0.1, 0.15) is 6.04 Å². The Morgan fingerprint density at radius 2 is 2.21 bits per heavy atom. The van der Waals surface area contributed by atoms with E-state index in [4.69, 9.17) is 5.73 Å².